The van der Waals surface area contributed by atoms with Gasteiger partial charge in [-0.1, -0.05) is 35.1 Å². The molecular weight excluding hydrogens is 358 g/mol. The van der Waals surface area contributed by atoms with Crippen molar-refractivity contribution in [3.63, 3.8) is 0 Å². The summed E-state index contributed by atoms with van der Waals surface area (Å²) in [5, 5.41) is 3.85. The zero-order chi connectivity index (χ0) is 17.2. The van der Waals surface area contributed by atoms with Crippen LogP contribution in [0, 0.1) is 0 Å². The number of carbonyl (C=O) groups is 1. The molecule has 0 saturated carbocycles. The van der Waals surface area contributed by atoms with Crippen LogP contribution in [0.4, 0.5) is 5.69 Å². The summed E-state index contributed by atoms with van der Waals surface area (Å²) in [7, 11) is 0. The Morgan fingerprint density at radius 1 is 1.08 bits per heavy atom. The predicted molar refractivity (Wildman–Crippen MR) is 97.8 cm³/mol. The molecule has 0 aliphatic rings. The van der Waals surface area contributed by atoms with Gasteiger partial charge in [0.15, 0.2) is 0 Å². The third-order valence-corrected chi connectivity index (χ3v) is 4.66. The van der Waals surface area contributed by atoms with Crippen LogP contribution in [0.1, 0.15) is 10.5 Å². The van der Waals surface area contributed by atoms with Gasteiger partial charge in [0.25, 0.3) is 5.91 Å². The van der Waals surface area contributed by atoms with Crippen molar-refractivity contribution in [3.8, 4) is 10.6 Å². The zero-order valence-corrected chi connectivity index (χ0v) is 14.3. The third kappa shape index (κ3) is 3.19. The fourth-order valence-electron chi connectivity index (χ4n) is 2.31. The molecule has 8 heteroatoms. The molecule has 4 aromatic rings. The molecular formula is C17H10ClN5OS. The number of amides is 1. The second kappa shape index (κ2) is 6.54. The first kappa shape index (κ1) is 15.6. The minimum Gasteiger partial charge on any atom is -0.320 e. The summed E-state index contributed by atoms with van der Waals surface area (Å²) in [5.41, 5.74) is 2.48. The summed E-state index contributed by atoms with van der Waals surface area (Å²) >= 11 is 7.29. The van der Waals surface area contributed by atoms with Crippen LogP contribution >= 0.6 is 22.9 Å². The molecule has 1 N–H and O–H groups in total. The molecule has 25 heavy (non-hydrogen) atoms. The Morgan fingerprint density at radius 3 is 2.80 bits per heavy atom. The van der Waals surface area contributed by atoms with Gasteiger partial charge in [-0.2, -0.15) is 0 Å². The highest BCUT2D eigenvalue weighted by Crippen LogP contribution is 2.33. The van der Waals surface area contributed by atoms with E-state index in [1.807, 2.05) is 36.4 Å². The fourth-order valence-corrected chi connectivity index (χ4v) is 3.40. The maximum atomic E-state index is 12.4. The van der Waals surface area contributed by atoms with E-state index in [2.05, 4.69) is 25.3 Å². The second-order valence-electron chi connectivity index (χ2n) is 5.07. The number of nitrogens with zero attached hydrogens (tertiary/aromatic N) is 4. The molecule has 0 fully saturated rings. The highest BCUT2D eigenvalue weighted by molar-refractivity contribution is 7.21. The maximum absolute atomic E-state index is 12.4. The van der Waals surface area contributed by atoms with Crippen molar-refractivity contribution in [2.24, 2.45) is 0 Å². The molecule has 0 atom stereocenters. The van der Waals surface area contributed by atoms with Crippen molar-refractivity contribution >= 4 is 44.9 Å². The van der Waals surface area contributed by atoms with Crippen molar-refractivity contribution in [1.82, 2.24) is 19.9 Å². The van der Waals surface area contributed by atoms with E-state index in [4.69, 9.17) is 11.6 Å². The van der Waals surface area contributed by atoms with Crippen LogP contribution in [0.2, 0.25) is 5.15 Å². The molecule has 3 heterocycles. The van der Waals surface area contributed by atoms with Crippen LogP contribution in [0.5, 0.6) is 0 Å². The Morgan fingerprint density at radius 2 is 1.96 bits per heavy atom. The lowest BCUT2D eigenvalue weighted by molar-refractivity contribution is 0.102. The summed E-state index contributed by atoms with van der Waals surface area (Å²) in [5.74, 6) is -0.365. The van der Waals surface area contributed by atoms with Gasteiger partial charge in [0.1, 0.15) is 32.5 Å². The monoisotopic (exact) mass is 367 g/mol. The zero-order valence-electron chi connectivity index (χ0n) is 12.7. The van der Waals surface area contributed by atoms with Crippen LogP contribution in [-0.2, 0) is 0 Å². The number of para-hydroxylation sites is 1. The highest BCUT2D eigenvalue weighted by Gasteiger charge is 2.14. The molecule has 6 nitrogen and oxygen atoms in total. The minimum atomic E-state index is -0.365. The van der Waals surface area contributed by atoms with Crippen LogP contribution in [0.3, 0.4) is 0 Å². The molecule has 3 aromatic heterocycles. The molecule has 0 saturated heterocycles. The number of hydrogen-bond donors (Lipinski definition) is 1. The van der Waals surface area contributed by atoms with Gasteiger partial charge >= 0.3 is 0 Å². The number of anilines is 1. The van der Waals surface area contributed by atoms with Crippen LogP contribution < -0.4 is 5.32 Å². The summed E-state index contributed by atoms with van der Waals surface area (Å²) in [6.45, 7) is 0. The van der Waals surface area contributed by atoms with E-state index in [0.29, 0.717) is 5.69 Å². The molecule has 0 unspecified atom stereocenters. The summed E-state index contributed by atoms with van der Waals surface area (Å²) in [6.07, 6.45) is 2.99. The molecule has 122 valence electrons. The van der Waals surface area contributed by atoms with Crippen molar-refractivity contribution < 1.29 is 4.79 Å². The summed E-state index contributed by atoms with van der Waals surface area (Å²) < 4.78 is 0. The Labute approximate surface area is 151 Å². The average Bonchev–Trinajstić information content (AvgIpc) is 3.06. The lowest BCUT2D eigenvalue weighted by Gasteiger charge is -2.08. The smallest absolute Gasteiger partial charge is 0.274 e. The molecule has 0 radical (unpaired) electrons. The largest absolute Gasteiger partial charge is 0.320 e. The molecule has 0 spiro atoms. The number of carbonyl (C=O) groups excluding carboxylic acids is 1. The number of pyridine rings is 1. The van der Waals surface area contributed by atoms with E-state index in [1.165, 1.54) is 23.7 Å². The number of thiazole rings is 1. The van der Waals surface area contributed by atoms with Crippen molar-refractivity contribution in [1.29, 1.82) is 0 Å². The average molecular weight is 368 g/mol. The van der Waals surface area contributed by atoms with E-state index in [1.54, 1.807) is 6.20 Å². The third-order valence-electron chi connectivity index (χ3n) is 3.44. The number of fused-ring (bicyclic) bond motifs is 1. The number of hydrogen-bond acceptors (Lipinski definition) is 6. The molecule has 1 amide bonds. The Balaban J connectivity index is 1.70. The molecule has 0 aliphatic heterocycles. The normalized spacial score (nSPS) is 10.8. The first-order valence-electron chi connectivity index (χ1n) is 7.30. The number of aromatic nitrogens is 4. The predicted octanol–water partition coefficient (Wildman–Crippen LogP) is 4.05. The van der Waals surface area contributed by atoms with Gasteiger partial charge in [-0.25, -0.2) is 19.9 Å². The second-order valence-corrected chi connectivity index (χ2v) is 6.44. The lowest BCUT2D eigenvalue weighted by Crippen LogP contribution is -2.14. The first-order chi connectivity index (χ1) is 12.2. The van der Waals surface area contributed by atoms with E-state index in [9.17, 15) is 4.79 Å². The van der Waals surface area contributed by atoms with Gasteiger partial charge in [-0.05, 0) is 24.3 Å². The maximum Gasteiger partial charge on any atom is 0.274 e. The molecule has 0 bridgehead atoms. The van der Waals surface area contributed by atoms with Gasteiger partial charge in [-0.15, -0.1) is 0 Å². The van der Waals surface area contributed by atoms with Crippen molar-refractivity contribution in [2.75, 3.05) is 5.32 Å². The van der Waals surface area contributed by atoms with E-state index >= 15 is 0 Å². The molecule has 0 aliphatic carbocycles. The van der Waals surface area contributed by atoms with Crippen molar-refractivity contribution in [3.05, 3.63) is 65.8 Å². The topological polar surface area (TPSA) is 80.7 Å². The number of halogens is 1. The van der Waals surface area contributed by atoms with Crippen molar-refractivity contribution in [2.45, 2.75) is 0 Å². The van der Waals surface area contributed by atoms with Gasteiger partial charge in [0.05, 0.1) is 5.69 Å². The van der Waals surface area contributed by atoms with Gasteiger partial charge in [0.2, 0.25) is 0 Å². The number of benzene rings is 1. The van der Waals surface area contributed by atoms with Gasteiger partial charge in [-0.3, -0.25) is 4.79 Å². The minimum absolute atomic E-state index is 0.195. The van der Waals surface area contributed by atoms with E-state index in [-0.39, 0.29) is 16.8 Å². The summed E-state index contributed by atoms with van der Waals surface area (Å²) in [6, 6.07) is 12.6. The summed E-state index contributed by atoms with van der Waals surface area (Å²) in [4.78, 5) is 29.9. The Kier molecular flexibility index (Phi) is 4.09. The Bertz CT molecular complexity index is 1050. The lowest BCUT2D eigenvalue weighted by atomic mass is 10.2. The molecule has 4 rings (SSSR count). The number of nitrogens with one attached hydrogen (secondary N) is 1. The van der Waals surface area contributed by atoms with Crippen LogP contribution in [-0.4, -0.2) is 25.8 Å². The Hall–Kier alpha value is -2.90. The van der Waals surface area contributed by atoms with Gasteiger partial charge < -0.3 is 5.32 Å². The van der Waals surface area contributed by atoms with Gasteiger partial charge in [0, 0.05) is 17.8 Å². The quantitative estimate of drug-likeness (QED) is 0.552. The van der Waals surface area contributed by atoms with Crippen LogP contribution in [0.25, 0.3) is 20.9 Å². The first-order valence-corrected chi connectivity index (χ1v) is 8.50. The van der Waals surface area contributed by atoms with Crippen LogP contribution in [0.15, 0.2) is 55.0 Å². The fraction of sp³-hybridized carbons (Fsp3) is 0. The SMILES string of the molecule is O=C(Nc1ccccc1-c1nc2cccnc2s1)c1cc(Cl)ncn1. The molecule has 1 aromatic carbocycles. The van der Waals surface area contributed by atoms with E-state index < -0.39 is 0 Å². The van der Waals surface area contributed by atoms with E-state index in [0.717, 1.165) is 20.9 Å². The highest BCUT2D eigenvalue weighted by atomic mass is 35.5. The standard InChI is InChI=1S/C17H10ClN5OS/c18-14-8-13(20-9-21-14)15(24)22-11-5-2-1-4-10(11)16-23-12-6-3-7-19-17(12)25-16/h1-9H,(H,22,24). The number of rotatable bonds is 3.